The number of rotatable bonds is 4. The van der Waals surface area contributed by atoms with Crippen molar-refractivity contribution < 1.29 is 14.3 Å². The van der Waals surface area contributed by atoms with Crippen molar-refractivity contribution in [1.82, 2.24) is 15.1 Å². The lowest BCUT2D eigenvalue weighted by atomic mass is 9.68. The molecule has 4 rings (SSSR count). The molecule has 33 heavy (non-hydrogen) atoms. The lowest BCUT2D eigenvalue weighted by Gasteiger charge is -2.43. The Morgan fingerprint density at radius 3 is 2.67 bits per heavy atom. The number of benzene rings is 2. The summed E-state index contributed by atoms with van der Waals surface area (Å²) in [6.07, 6.45) is 7.19. The summed E-state index contributed by atoms with van der Waals surface area (Å²) in [5.74, 6) is 1.98. The predicted octanol–water partition coefficient (Wildman–Crippen LogP) is 5.34. The monoisotopic (exact) mass is 468 g/mol. The van der Waals surface area contributed by atoms with E-state index >= 15 is 0 Å². The van der Waals surface area contributed by atoms with Crippen molar-refractivity contribution in [1.29, 1.82) is 0 Å². The number of nitrogens with one attached hydrogen (secondary N) is 2. The second-order valence-corrected chi connectivity index (χ2v) is 9.46. The van der Waals surface area contributed by atoms with Gasteiger partial charge < -0.3 is 15.3 Å². The van der Waals surface area contributed by atoms with Crippen molar-refractivity contribution in [2.24, 2.45) is 11.3 Å². The summed E-state index contributed by atoms with van der Waals surface area (Å²) >= 11 is 6.08. The highest BCUT2D eigenvalue weighted by Gasteiger charge is 2.41. The Hall–Kier alpha value is -3.08. The van der Waals surface area contributed by atoms with Gasteiger partial charge in [-0.25, -0.2) is 9.18 Å². The van der Waals surface area contributed by atoms with E-state index in [0.29, 0.717) is 42.5 Å². The van der Waals surface area contributed by atoms with Crippen LogP contribution in [0.25, 0.3) is 10.9 Å². The van der Waals surface area contributed by atoms with Crippen LogP contribution in [0.1, 0.15) is 43.9 Å². The van der Waals surface area contributed by atoms with Crippen LogP contribution in [0, 0.1) is 29.5 Å². The first-order valence-electron chi connectivity index (χ1n) is 10.8. The largest absolute Gasteiger partial charge is 0.388 e. The molecule has 0 unspecified atom stereocenters. The number of hydrogen-bond donors (Lipinski definition) is 3. The second kappa shape index (κ2) is 9.05. The molecule has 0 radical (unpaired) electrons. The maximum absolute atomic E-state index is 15.0. The molecule has 0 aliphatic carbocycles. The Morgan fingerprint density at radius 2 is 2.03 bits per heavy atom. The lowest BCUT2D eigenvalue weighted by Crippen LogP contribution is -2.45. The van der Waals surface area contributed by atoms with E-state index in [1.165, 1.54) is 6.07 Å². The number of amides is 2. The van der Waals surface area contributed by atoms with Gasteiger partial charge in [-0.2, -0.15) is 5.10 Å². The number of fused-ring (bicyclic) bond motifs is 1. The molecule has 3 aromatic rings. The van der Waals surface area contributed by atoms with Gasteiger partial charge in [-0.3, -0.25) is 5.10 Å². The molecule has 2 heterocycles. The fraction of sp³-hybridized carbons (Fsp3) is 0.360. The standard InChI is InChI=1S/C25H26ClFN4O2/c1-4-15-5-7-18(8-6-15)29-24(33)31-11-9-17(10-12-31)25(2,3)23(32)20-21(27)19(26)13-16-14-28-30-22(16)20/h1,5-8,13-14,17,23,32H,9-12H2,2-3H3,(H,28,30)(H,29,33)/t23-/m1/s1. The summed E-state index contributed by atoms with van der Waals surface area (Å²) in [6.45, 7) is 4.92. The molecule has 172 valence electrons. The minimum atomic E-state index is -1.10. The SMILES string of the molecule is C#Cc1ccc(NC(=O)N2CCC(C(C)(C)[C@H](O)c3c(F)c(Cl)cc4cn[nH]c34)CC2)cc1. The zero-order valence-corrected chi connectivity index (χ0v) is 19.3. The average molecular weight is 469 g/mol. The number of likely N-dealkylation sites (tertiary alicyclic amines) is 1. The number of aromatic amines is 1. The molecule has 0 spiro atoms. The van der Waals surface area contributed by atoms with Crippen LogP contribution >= 0.6 is 11.6 Å². The van der Waals surface area contributed by atoms with E-state index in [0.717, 1.165) is 5.56 Å². The van der Waals surface area contributed by atoms with E-state index in [4.69, 9.17) is 18.0 Å². The molecular formula is C25H26ClFN4O2. The fourth-order valence-electron chi connectivity index (χ4n) is 4.59. The van der Waals surface area contributed by atoms with Gasteiger partial charge in [0.25, 0.3) is 0 Å². The topological polar surface area (TPSA) is 81.2 Å². The molecule has 8 heteroatoms. The van der Waals surface area contributed by atoms with Crippen LogP contribution in [-0.2, 0) is 0 Å². The molecule has 1 atom stereocenters. The minimum Gasteiger partial charge on any atom is -0.388 e. The second-order valence-electron chi connectivity index (χ2n) is 9.06. The zero-order chi connectivity index (χ0) is 23.8. The molecule has 2 amide bonds. The third-order valence-corrected chi connectivity index (χ3v) is 7.06. The number of carbonyl (C=O) groups excluding carboxylic acids is 1. The van der Waals surface area contributed by atoms with Crippen molar-refractivity contribution in [3.8, 4) is 12.3 Å². The van der Waals surface area contributed by atoms with E-state index in [1.54, 1.807) is 35.4 Å². The van der Waals surface area contributed by atoms with Crippen molar-refractivity contribution in [3.63, 3.8) is 0 Å². The Kier molecular flexibility index (Phi) is 6.33. The van der Waals surface area contributed by atoms with Gasteiger partial charge in [0.15, 0.2) is 0 Å². The van der Waals surface area contributed by atoms with Gasteiger partial charge in [0.2, 0.25) is 0 Å². The number of anilines is 1. The van der Waals surface area contributed by atoms with Crippen molar-refractivity contribution in [2.45, 2.75) is 32.8 Å². The smallest absolute Gasteiger partial charge is 0.321 e. The number of aromatic nitrogens is 2. The quantitative estimate of drug-likeness (QED) is 0.452. The van der Waals surface area contributed by atoms with Gasteiger partial charge >= 0.3 is 6.03 Å². The molecule has 6 nitrogen and oxygen atoms in total. The predicted molar refractivity (Wildman–Crippen MR) is 127 cm³/mol. The average Bonchev–Trinajstić information content (AvgIpc) is 3.27. The van der Waals surface area contributed by atoms with Crippen LogP contribution in [0.3, 0.4) is 0 Å². The summed E-state index contributed by atoms with van der Waals surface area (Å²) in [4.78, 5) is 14.4. The minimum absolute atomic E-state index is 0.0458. The number of terminal acetylenes is 1. The van der Waals surface area contributed by atoms with Gasteiger partial charge in [0.05, 0.1) is 22.8 Å². The van der Waals surface area contributed by atoms with E-state index in [2.05, 4.69) is 21.4 Å². The Labute approximate surface area is 197 Å². The van der Waals surface area contributed by atoms with Crippen LogP contribution in [0.15, 0.2) is 36.5 Å². The number of urea groups is 1. The van der Waals surface area contributed by atoms with Gasteiger partial charge in [-0.15, -0.1) is 6.42 Å². The highest BCUT2D eigenvalue weighted by molar-refractivity contribution is 6.31. The van der Waals surface area contributed by atoms with Crippen LogP contribution in [0.5, 0.6) is 0 Å². The van der Waals surface area contributed by atoms with E-state index in [-0.39, 0.29) is 22.5 Å². The van der Waals surface area contributed by atoms with E-state index < -0.39 is 17.3 Å². The first kappa shape index (κ1) is 23.1. The summed E-state index contributed by atoms with van der Waals surface area (Å²) in [5.41, 5.74) is 1.35. The number of halogens is 2. The van der Waals surface area contributed by atoms with Crippen LogP contribution < -0.4 is 5.32 Å². The molecule has 3 N–H and O–H groups in total. The number of nitrogens with zero attached hydrogens (tertiary/aromatic N) is 2. The van der Waals surface area contributed by atoms with Gasteiger partial charge in [0, 0.05) is 35.3 Å². The number of H-pyrrole nitrogens is 1. The molecule has 0 bridgehead atoms. The summed E-state index contributed by atoms with van der Waals surface area (Å²) in [7, 11) is 0. The molecule has 1 fully saturated rings. The molecule has 1 aromatic heterocycles. The first-order valence-corrected chi connectivity index (χ1v) is 11.2. The number of piperidine rings is 1. The van der Waals surface area contributed by atoms with E-state index in [9.17, 15) is 14.3 Å². The molecule has 1 saturated heterocycles. The number of hydrogen-bond acceptors (Lipinski definition) is 3. The number of aliphatic hydroxyl groups is 1. The van der Waals surface area contributed by atoms with Crippen LogP contribution in [0.4, 0.5) is 14.9 Å². The Morgan fingerprint density at radius 1 is 1.36 bits per heavy atom. The summed E-state index contributed by atoms with van der Waals surface area (Å²) in [5, 5.41) is 21.5. The summed E-state index contributed by atoms with van der Waals surface area (Å²) in [6, 6.07) is 8.41. The fourth-order valence-corrected chi connectivity index (χ4v) is 4.81. The first-order chi connectivity index (χ1) is 15.7. The highest BCUT2D eigenvalue weighted by Crippen LogP contribution is 2.47. The van der Waals surface area contributed by atoms with Crippen LogP contribution in [0.2, 0.25) is 5.02 Å². The van der Waals surface area contributed by atoms with Gasteiger partial charge in [-0.05, 0) is 54.5 Å². The molecule has 1 aliphatic rings. The zero-order valence-electron chi connectivity index (χ0n) is 18.5. The van der Waals surface area contributed by atoms with Gasteiger partial charge in [0.1, 0.15) is 5.82 Å². The molecule has 2 aromatic carbocycles. The van der Waals surface area contributed by atoms with E-state index in [1.807, 2.05) is 13.8 Å². The highest BCUT2D eigenvalue weighted by atomic mass is 35.5. The number of carbonyl (C=O) groups is 1. The molecule has 1 aliphatic heterocycles. The lowest BCUT2D eigenvalue weighted by molar-refractivity contribution is -0.0156. The third kappa shape index (κ3) is 4.41. The normalized spacial score (nSPS) is 15.9. The van der Waals surface area contributed by atoms with Crippen LogP contribution in [-0.4, -0.2) is 39.3 Å². The number of aliphatic hydroxyl groups excluding tert-OH is 1. The third-order valence-electron chi connectivity index (χ3n) is 6.78. The molecular weight excluding hydrogens is 443 g/mol. The maximum atomic E-state index is 15.0. The molecule has 0 saturated carbocycles. The van der Waals surface area contributed by atoms with Crippen molar-refractivity contribution in [2.75, 3.05) is 18.4 Å². The van der Waals surface area contributed by atoms with Gasteiger partial charge in [-0.1, -0.05) is 31.4 Å². The Bertz CT molecular complexity index is 1210. The Balaban J connectivity index is 1.44. The van der Waals surface area contributed by atoms with Crippen molar-refractivity contribution in [3.05, 3.63) is 58.5 Å². The maximum Gasteiger partial charge on any atom is 0.321 e. The summed E-state index contributed by atoms with van der Waals surface area (Å²) < 4.78 is 15.0. The van der Waals surface area contributed by atoms with Crippen molar-refractivity contribution >= 4 is 34.2 Å².